The van der Waals surface area contributed by atoms with Crippen molar-refractivity contribution < 1.29 is 23.9 Å². The van der Waals surface area contributed by atoms with Crippen molar-refractivity contribution >= 4 is 17.7 Å². The molecule has 0 bridgehead atoms. The van der Waals surface area contributed by atoms with Gasteiger partial charge in [0.2, 0.25) is 5.91 Å². The van der Waals surface area contributed by atoms with Gasteiger partial charge in [-0.25, -0.2) is 0 Å². The second-order valence-electron chi connectivity index (χ2n) is 3.71. The predicted molar refractivity (Wildman–Crippen MR) is 58.3 cm³/mol. The molecule has 0 aromatic rings. The Hall–Kier alpha value is -1.43. The van der Waals surface area contributed by atoms with Gasteiger partial charge in [-0.1, -0.05) is 0 Å². The van der Waals surface area contributed by atoms with Crippen LogP contribution in [0.15, 0.2) is 0 Å². The van der Waals surface area contributed by atoms with Crippen molar-refractivity contribution in [3.05, 3.63) is 0 Å². The monoisotopic (exact) mass is 243 g/mol. The third-order valence-electron chi connectivity index (χ3n) is 2.36. The van der Waals surface area contributed by atoms with Gasteiger partial charge in [-0.05, 0) is 6.92 Å². The van der Waals surface area contributed by atoms with Crippen LogP contribution in [0.3, 0.4) is 0 Å². The molecule has 1 aliphatic rings. The van der Waals surface area contributed by atoms with Crippen LogP contribution >= 0.6 is 0 Å². The molecule has 1 heterocycles. The van der Waals surface area contributed by atoms with E-state index in [-0.39, 0.29) is 43.7 Å². The lowest BCUT2D eigenvalue weighted by atomic mass is 10.2. The van der Waals surface area contributed by atoms with Gasteiger partial charge in [-0.2, -0.15) is 0 Å². The average molecular weight is 243 g/mol. The molecule has 96 valence electrons. The summed E-state index contributed by atoms with van der Waals surface area (Å²) in [5, 5.41) is 0. The smallest absolute Gasteiger partial charge is 0.306 e. The molecule has 0 aromatic heterocycles. The van der Waals surface area contributed by atoms with Crippen LogP contribution < -0.4 is 0 Å². The summed E-state index contributed by atoms with van der Waals surface area (Å²) in [7, 11) is 0. The van der Waals surface area contributed by atoms with Gasteiger partial charge >= 0.3 is 5.97 Å². The zero-order valence-corrected chi connectivity index (χ0v) is 9.94. The van der Waals surface area contributed by atoms with Crippen LogP contribution in [0.4, 0.5) is 0 Å². The number of ether oxygens (including phenoxy) is 2. The third-order valence-corrected chi connectivity index (χ3v) is 2.36. The summed E-state index contributed by atoms with van der Waals surface area (Å²) in [6, 6.07) is 0. The summed E-state index contributed by atoms with van der Waals surface area (Å²) in [5.41, 5.74) is 0. The first-order valence-corrected chi connectivity index (χ1v) is 5.66. The number of nitrogens with zero attached hydrogens (tertiary/aromatic N) is 1. The fourth-order valence-corrected chi connectivity index (χ4v) is 1.48. The maximum absolute atomic E-state index is 11.5. The van der Waals surface area contributed by atoms with E-state index < -0.39 is 0 Å². The Morgan fingerprint density at radius 3 is 2.82 bits per heavy atom. The number of hydrogen-bond donors (Lipinski definition) is 0. The van der Waals surface area contributed by atoms with Crippen LogP contribution in [-0.4, -0.2) is 55.5 Å². The molecule has 6 heteroatoms. The minimum atomic E-state index is -0.380. The van der Waals surface area contributed by atoms with Crippen molar-refractivity contribution in [2.75, 3.05) is 32.9 Å². The molecule has 0 aromatic carbocycles. The maximum atomic E-state index is 11.5. The number of Topliss-reactive ketones (excluding diaryl/α,β-unsaturated/α-hetero) is 1. The fraction of sp³-hybridized carbons (Fsp3) is 0.727. The Balaban J connectivity index is 2.24. The normalized spacial score (nSPS) is 15.8. The zero-order chi connectivity index (χ0) is 12.7. The molecule has 0 radical (unpaired) electrons. The quantitative estimate of drug-likeness (QED) is 0.602. The van der Waals surface area contributed by atoms with Crippen LogP contribution in [0, 0.1) is 0 Å². The van der Waals surface area contributed by atoms with Gasteiger partial charge in [-0.3, -0.25) is 14.4 Å². The lowest BCUT2D eigenvalue weighted by molar-refractivity contribution is -0.146. The van der Waals surface area contributed by atoms with Crippen LogP contribution in [0.5, 0.6) is 0 Å². The lowest BCUT2D eigenvalue weighted by Crippen LogP contribution is -2.44. The van der Waals surface area contributed by atoms with Gasteiger partial charge in [0.05, 0.1) is 26.2 Å². The SMILES string of the molecule is CCOC(=O)CCC(=O)CN1CCOCC1=O. The van der Waals surface area contributed by atoms with E-state index in [0.29, 0.717) is 19.8 Å². The van der Waals surface area contributed by atoms with Crippen LogP contribution in [0.25, 0.3) is 0 Å². The first-order chi connectivity index (χ1) is 8.13. The first kappa shape index (κ1) is 13.6. The number of amides is 1. The number of hydrogen-bond acceptors (Lipinski definition) is 5. The fourth-order valence-electron chi connectivity index (χ4n) is 1.48. The van der Waals surface area contributed by atoms with Crippen molar-refractivity contribution in [1.29, 1.82) is 0 Å². The molecule has 6 nitrogen and oxygen atoms in total. The molecule has 0 aliphatic carbocycles. The summed E-state index contributed by atoms with van der Waals surface area (Å²) < 4.78 is 9.66. The highest BCUT2D eigenvalue weighted by Gasteiger charge is 2.21. The van der Waals surface area contributed by atoms with E-state index >= 15 is 0 Å². The summed E-state index contributed by atoms with van der Waals surface area (Å²) >= 11 is 0. The zero-order valence-electron chi connectivity index (χ0n) is 9.94. The predicted octanol–water partition coefficient (Wildman–Crippen LogP) is -0.242. The molecule has 1 rings (SSSR count). The highest BCUT2D eigenvalue weighted by atomic mass is 16.5. The second kappa shape index (κ2) is 7.01. The van der Waals surface area contributed by atoms with Gasteiger partial charge in [0.1, 0.15) is 6.61 Å². The molecule has 0 N–H and O–H groups in total. The summed E-state index contributed by atoms with van der Waals surface area (Å²) in [5.74, 6) is -0.691. The van der Waals surface area contributed by atoms with Crippen molar-refractivity contribution in [3.8, 4) is 0 Å². The van der Waals surface area contributed by atoms with Gasteiger partial charge in [0.15, 0.2) is 5.78 Å². The molecule has 0 atom stereocenters. The van der Waals surface area contributed by atoms with Gasteiger partial charge in [0.25, 0.3) is 0 Å². The van der Waals surface area contributed by atoms with Crippen molar-refractivity contribution in [2.45, 2.75) is 19.8 Å². The molecule has 1 fully saturated rings. The van der Waals surface area contributed by atoms with Crippen LogP contribution in [-0.2, 0) is 23.9 Å². The highest BCUT2D eigenvalue weighted by molar-refractivity contribution is 5.88. The van der Waals surface area contributed by atoms with E-state index in [1.165, 1.54) is 4.90 Å². The van der Waals surface area contributed by atoms with Crippen molar-refractivity contribution in [2.24, 2.45) is 0 Å². The van der Waals surface area contributed by atoms with E-state index in [0.717, 1.165) is 0 Å². The Morgan fingerprint density at radius 2 is 2.18 bits per heavy atom. The first-order valence-electron chi connectivity index (χ1n) is 5.66. The molecule has 1 aliphatic heterocycles. The Morgan fingerprint density at radius 1 is 1.41 bits per heavy atom. The number of carbonyl (C=O) groups is 3. The second-order valence-corrected chi connectivity index (χ2v) is 3.71. The molecule has 1 saturated heterocycles. The molecular formula is C11H17NO5. The highest BCUT2D eigenvalue weighted by Crippen LogP contribution is 2.02. The number of carbonyl (C=O) groups excluding carboxylic acids is 3. The van der Waals surface area contributed by atoms with Gasteiger partial charge in [-0.15, -0.1) is 0 Å². The lowest BCUT2D eigenvalue weighted by Gasteiger charge is -2.25. The summed E-state index contributed by atoms with van der Waals surface area (Å²) in [6.45, 7) is 3.01. The van der Waals surface area contributed by atoms with E-state index in [2.05, 4.69) is 0 Å². The van der Waals surface area contributed by atoms with Gasteiger partial charge < -0.3 is 14.4 Å². The summed E-state index contributed by atoms with van der Waals surface area (Å²) in [4.78, 5) is 35.3. The summed E-state index contributed by atoms with van der Waals surface area (Å²) in [6.07, 6.45) is 0.189. The van der Waals surface area contributed by atoms with Crippen LogP contribution in [0.2, 0.25) is 0 Å². The van der Waals surface area contributed by atoms with E-state index in [4.69, 9.17) is 9.47 Å². The van der Waals surface area contributed by atoms with Crippen LogP contribution in [0.1, 0.15) is 19.8 Å². The average Bonchev–Trinajstić information content (AvgIpc) is 2.30. The largest absolute Gasteiger partial charge is 0.466 e. The van der Waals surface area contributed by atoms with E-state index in [1.807, 2.05) is 0 Å². The Kier molecular flexibility index (Phi) is 5.62. The number of rotatable bonds is 6. The Labute approximate surface area is 99.9 Å². The number of esters is 1. The minimum Gasteiger partial charge on any atom is -0.466 e. The third kappa shape index (κ3) is 4.95. The molecule has 0 spiro atoms. The van der Waals surface area contributed by atoms with Gasteiger partial charge in [0, 0.05) is 13.0 Å². The standard InChI is InChI=1S/C11H17NO5/c1-2-17-11(15)4-3-9(13)7-12-5-6-16-8-10(12)14/h2-8H2,1H3. The molecule has 0 saturated carbocycles. The topological polar surface area (TPSA) is 72.9 Å². The maximum Gasteiger partial charge on any atom is 0.306 e. The van der Waals surface area contributed by atoms with E-state index in [9.17, 15) is 14.4 Å². The molecular weight excluding hydrogens is 226 g/mol. The molecule has 0 unspecified atom stereocenters. The number of ketones is 1. The molecule has 1 amide bonds. The molecule has 17 heavy (non-hydrogen) atoms. The van der Waals surface area contributed by atoms with Crippen molar-refractivity contribution in [3.63, 3.8) is 0 Å². The number of morpholine rings is 1. The Bertz CT molecular complexity index is 302. The minimum absolute atomic E-state index is 0.0329. The van der Waals surface area contributed by atoms with E-state index in [1.54, 1.807) is 6.92 Å². The van der Waals surface area contributed by atoms with Crippen molar-refractivity contribution in [1.82, 2.24) is 4.90 Å².